The van der Waals surface area contributed by atoms with Crippen LogP contribution < -0.4 is 20.1 Å². The molecular formula is C22H28ClN3O4. The van der Waals surface area contributed by atoms with Crippen molar-refractivity contribution in [3.05, 3.63) is 53.6 Å². The Morgan fingerprint density at radius 2 is 2.03 bits per heavy atom. The van der Waals surface area contributed by atoms with Gasteiger partial charge in [-0.2, -0.15) is 0 Å². The molecule has 0 saturated carbocycles. The third-order valence-corrected chi connectivity index (χ3v) is 4.97. The van der Waals surface area contributed by atoms with Gasteiger partial charge in [0.1, 0.15) is 30.3 Å². The molecule has 0 aliphatic carbocycles. The molecule has 0 aromatic heterocycles. The van der Waals surface area contributed by atoms with Crippen molar-refractivity contribution < 1.29 is 19.4 Å². The number of anilines is 1. The number of rotatable bonds is 9. The van der Waals surface area contributed by atoms with E-state index in [0.717, 1.165) is 25.3 Å². The van der Waals surface area contributed by atoms with Crippen LogP contribution in [0.3, 0.4) is 0 Å². The Morgan fingerprint density at radius 1 is 1.27 bits per heavy atom. The van der Waals surface area contributed by atoms with E-state index < -0.39 is 6.10 Å². The number of nitrogens with one attached hydrogen (secondary N) is 2. The lowest BCUT2D eigenvalue weighted by molar-refractivity contribution is 0.0723. The predicted octanol–water partition coefficient (Wildman–Crippen LogP) is 3.37. The third-order valence-electron chi connectivity index (χ3n) is 4.72. The Labute approximate surface area is 181 Å². The van der Waals surface area contributed by atoms with Crippen LogP contribution in [0.25, 0.3) is 0 Å². The van der Waals surface area contributed by atoms with Gasteiger partial charge in [-0.3, -0.25) is 4.90 Å². The second-order valence-electron chi connectivity index (χ2n) is 7.19. The predicted molar refractivity (Wildman–Crippen MR) is 118 cm³/mol. The summed E-state index contributed by atoms with van der Waals surface area (Å²) < 4.78 is 11.7. The van der Waals surface area contributed by atoms with Crippen molar-refractivity contribution in [2.75, 3.05) is 38.1 Å². The summed E-state index contributed by atoms with van der Waals surface area (Å²) in [6, 6.07) is 14.2. The second kappa shape index (κ2) is 11.1. The number of carbonyl (C=O) groups is 1. The molecule has 2 aromatic carbocycles. The average molecular weight is 434 g/mol. The molecule has 0 bridgehead atoms. The number of hydrogen-bond acceptors (Lipinski definition) is 5. The maximum Gasteiger partial charge on any atom is 0.319 e. The largest absolute Gasteiger partial charge is 0.489 e. The Kier molecular flexibility index (Phi) is 8.19. The first-order valence-electron chi connectivity index (χ1n) is 10.1. The quantitative estimate of drug-likeness (QED) is 0.564. The SMILES string of the molecule is CCNC(=O)Nc1ccccc1OCC(O)CN1CCC(Oc2ccc(Cl)cc2)C1. The highest BCUT2D eigenvalue weighted by Crippen LogP contribution is 2.24. The van der Waals surface area contributed by atoms with Crippen LogP contribution in [0.5, 0.6) is 11.5 Å². The molecule has 2 unspecified atom stereocenters. The van der Waals surface area contributed by atoms with Gasteiger partial charge in [0.05, 0.1) is 5.69 Å². The number of amides is 2. The lowest BCUT2D eigenvalue weighted by atomic mass is 10.3. The summed E-state index contributed by atoms with van der Waals surface area (Å²) in [7, 11) is 0. The molecule has 1 saturated heterocycles. The van der Waals surface area contributed by atoms with Gasteiger partial charge in [-0.05, 0) is 49.7 Å². The molecule has 162 valence electrons. The van der Waals surface area contributed by atoms with Crippen LogP contribution in [0, 0.1) is 0 Å². The molecule has 2 aromatic rings. The third kappa shape index (κ3) is 6.79. The molecule has 2 amide bonds. The summed E-state index contributed by atoms with van der Waals surface area (Å²) in [5.41, 5.74) is 0.563. The monoisotopic (exact) mass is 433 g/mol. The molecule has 1 aliphatic heterocycles. The number of hydrogen-bond donors (Lipinski definition) is 3. The van der Waals surface area contributed by atoms with Gasteiger partial charge in [0.2, 0.25) is 0 Å². The number of β-amino-alcohol motifs (C(OH)–C–C–N with tert-alkyl or cyclic N) is 1. The zero-order chi connectivity index (χ0) is 21.3. The number of ether oxygens (including phenoxy) is 2. The summed E-state index contributed by atoms with van der Waals surface area (Å²) in [4.78, 5) is 13.9. The Hall–Kier alpha value is -2.48. The number of urea groups is 1. The Balaban J connectivity index is 1.43. The van der Waals surface area contributed by atoms with Crippen LogP contribution in [0.2, 0.25) is 5.02 Å². The van der Waals surface area contributed by atoms with E-state index in [1.807, 2.05) is 43.3 Å². The molecule has 30 heavy (non-hydrogen) atoms. The van der Waals surface area contributed by atoms with Crippen molar-refractivity contribution >= 4 is 23.3 Å². The molecule has 1 heterocycles. The van der Waals surface area contributed by atoms with Gasteiger partial charge in [0.25, 0.3) is 0 Å². The fourth-order valence-electron chi connectivity index (χ4n) is 3.32. The van der Waals surface area contributed by atoms with Crippen molar-refractivity contribution in [2.24, 2.45) is 0 Å². The van der Waals surface area contributed by atoms with Gasteiger partial charge >= 0.3 is 6.03 Å². The Morgan fingerprint density at radius 3 is 2.80 bits per heavy atom. The molecule has 0 radical (unpaired) electrons. The van der Waals surface area contributed by atoms with E-state index >= 15 is 0 Å². The van der Waals surface area contributed by atoms with Crippen molar-refractivity contribution in [1.29, 1.82) is 0 Å². The Bertz CT molecular complexity index is 818. The molecular weight excluding hydrogens is 406 g/mol. The van der Waals surface area contributed by atoms with Crippen molar-refractivity contribution in [1.82, 2.24) is 10.2 Å². The minimum atomic E-state index is -0.656. The number of carbonyl (C=O) groups excluding carboxylic acids is 1. The number of para-hydroxylation sites is 2. The summed E-state index contributed by atoms with van der Waals surface area (Å²) in [6.07, 6.45) is 0.327. The number of halogens is 1. The molecule has 3 N–H and O–H groups in total. The van der Waals surface area contributed by atoms with Crippen LogP contribution in [-0.4, -0.2) is 61.0 Å². The highest BCUT2D eigenvalue weighted by Gasteiger charge is 2.25. The number of benzene rings is 2. The minimum Gasteiger partial charge on any atom is -0.489 e. The minimum absolute atomic E-state index is 0.0845. The molecule has 2 atom stereocenters. The van der Waals surface area contributed by atoms with E-state index in [-0.39, 0.29) is 18.7 Å². The van der Waals surface area contributed by atoms with Gasteiger partial charge in [-0.1, -0.05) is 23.7 Å². The van der Waals surface area contributed by atoms with E-state index in [1.165, 1.54) is 0 Å². The van der Waals surface area contributed by atoms with E-state index in [9.17, 15) is 9.90 Å². The highest BCUT2D eigenvalue weighted by atomic mass is 35.5. The lowest BCUT2D eigenvalue weighted by Gasteiger charge is -2.21. The first kappa shape index (κ1) is 22.2. The lowest BCUT2D eigenvalue weighted by Crippen LogP contribution is -2.35. The summed E-state index contributed by atoms with van der Waals surface area (Å²) >= 11 is 5.90. The van der Waals surface area contributed by atoms with E-state index in [0.29, 0.717) is 29.5 Å². The van der Waals surface area contributed by atoms with Crippen LogP contribution in [0.1, 0.15) is 13.3 Å². The first-order valence-corrected chi connectivity index (χ1v) is 10.5. The normalized spacial score (nSPS) is 17.4. The molecule has 1 fully saturated rings. The van der Waals surface area contributed by atoms with Gasteiger partial charge in [0, 0.05) is 31.2 Å². The van der Waals surface area contributed by atoms with Crippen molar-refractivity contribution in [2.45, 2.75) is 25.6 Å². The topological polar surface area (TPSA) is 83.1 Å². The van der Waals surface area contributed by atoms with Crippen molar-refractivity contribution in [3.8, 4) is 11.5 Å². The fraction of sp³-hybridized carbons (Fsp3) is 0.409. The fourth-order valence-corrected chi connectivity index (χ4v) is 3.45. The van der Waals surface area contributed by atoms with E-state index in [1.54, 1.807) is 12.1 Å². The second-order valence-corrected chi connectivity index (χ2v) is 7.62. The summed E-state index contributed by atoms with van der Waals surface area (Å²) in [5.74, 6) is 1.32. The van der Waals surface area contributed by atoms with E-state index in [2.05, 4.69) is 15.5 Å². The smallest absolute Gasteiger partial charge is 0.319 e. The molecule has 7 nitrogen and oxygen atoms in total. The zero-order valence-corrected chi connectivity index (χ0v) is 17.8. The van der Waals surface area contributed by atoms with Gasteiger partial charge < -0.3 is 25.2 Å². The van der Waals surface area contributed by atoms with Crippen LogP contribution in [-0.2, 0) is 0 Å². The summed E-state index contributed by atoms with van der Waals surface area (Å²) in [5, 5.41) is 16.5. The zero-order valence-electron chi connectivity index (χ0n) is 17.0. The van der Waals surface area contributed by atoms with E-state index in [4.69, 9.17) is 21.1 Å². The maximum atomic E-state index is 11.8. The van der Waals surface area contributed by atoms with Crippen LogP contribution >= 0.6 is 11.6 Å². The van der Waals surface area contributed by atoms with Crippen molar-refractivity contribution in [3.63, 3.8) is 0 Å². The molecule has 8 heteroatoms. The standard InChI is InChI=1S/C22H28ClN3O4/c1-2-24-22(28)25-20-5-3-4-6-21(20)29-15-17(27)13-26-12-11-19(14-26)30-18-9-7-16(23)8-10-18/h3-10,17,19,27H,2,11-15H2,1H3,(H2,24,25,28). The number of aliphatic hydroxyl groups excluding tert-OH is 1. The summed E-state index contributed by atoms with van der Waals surface area (Å²) in [6.45, 7) is 4.60. The average Bonchev–Trinajstić information content (AvgIpc) is 3.16. The van der Waals surface area contributed by atoms with Crippen LogP contribution in [0.15, 0.2) is 48.5 Å². The first-order chi connectivity index (χ1) is 14.5. The highest BCUT2D eigenvalue weighted by molar-refractivity contribution is 6.30. The number of nitrogens with zero attached hydrogens (tertiary/aromatic N) is 1. The van der Waals surface area contributed by atoms with Crippen LogP contribution in [0.4, 0.5) is 10.5 Å². The number of aliphatic hydroxyl groups is 1. The number of likely N-dealkylation sites (tertiary alicyclic amines) is 1. The maximum absolute atomic E-state index is 11.8. The molecule has 1 aliphatic rings. The van der Waals surface area contributed by atoms with Gasteiger partial charge in [-0.25, -0.2) is 4.79 Å². The molecule has 3 rings (SSSR count). The van der Waals surface area contributed by atoms with Gasteiger partial charge in [-0.15, -0.1) is 0 Å². The van der Waals surface area contributed by atoms with Gasteiger partial charge in [0.15, 0.2) is 0 Å². The molecule has 0 spiro atoms.